The molecule has 0 atom stereocenters. The summed E-state index contributed by atoms with van der Waals surface area (Å²) in [7, 11) is 1.66. The second-order valence-corrected chi connectivity index (χ2v) is 4.71. The summed E-state index contributed by atoms with van der Waals surface area (Å²) in [4.78, 5) is 3.85. The molecule has 0 saturated heterocycles. The van der Waals surface area contributed by atoms with E-state index in [4.69, 9.17) is 31.1 Å². The molecule has 0 radical (unpaired) electrons. The van der Waals surface area contributed by atoms with Crippen molar-refractivity contribution >= 4 is 11.6 Å². The monoisotopic (exact) mass is 318 g/mol. The van der Waals surface area contributed by atoms with Crippen LogP contribution >= 0.6 is 11.6 Å². The molecule has 6 heteroatoms. The third kappa shape index (κ3) is 4.35. The highest BCUT2D eigenvalue weighted by molar-refractivity contribution is 6.30. The average Bonchev–Trinajstić information content (AvgIpc) is 2.53. The molecular weight excluding hydrogens is 304 g/mol. The highest BCUT2D eigenvalue weighted by atomic mass is 35.5. The van der Waals surface area contributed by atoms with E-state index in [-0.39, 0.29) is 10.7 Å². The van der Waals surface area contributed by atoms with Crippen molar-refractivity contribution in [2.24, 2.45) is 0 Å². The van der Waals surface area contributed by atoms with Crippen molar-refractivity contribution in [1.29, 1.82) is 5.26 Å². The fourth-order valence-corrected chi connectivity index (χ4v) is 1.92. The van der Waals surface area contributed by atoms with Gasteiger partial charge in [-0.3, -0.25) is 0 Å². The number of methoxy groups -OCH3 is 1. The van der Waals surface area contributed by atoms with E-state index in [2.05, 4.69) is 4.98 Å². The molecule has 0 aliphatic rings. The molecule has 114 valence electrons. The zero-order valence-electron chi connectivity index (χ0n) is 12.1. The molecule has 0 aliphatic carbocycles. The molecule has 2 aromatic rings. The number of nitriles is 1. The van der Waals surface area contributed by atoms with Crippen molar-refractivity contribution in [1.82, 2.24) is 4.98 Å². The number of aromatic nitrogens is 1. The Kier molecular flexibility index (Phi) is 6.01. The summed E-state index contributed by atoms with van der Waals surface area (Å²) in [5, 5.41) is 9.20. The van der Waals surface area contributed by atoms with Gasteiger partial charge in [0.2, 0.25) is 0 Å². The molecule has 0 fully saturated rings. The first-order chi connectivity index (χ1) is 10.7. The molecule has 0 aliphatic heterocycles. The highest BCUT2D eigenvalue weighted by Crippen LogP contribution is 2.29. The van der Waals surface area contributed by atoms with Crippen molar-refractivity contribution in [2.45, 2.75) is 6.42 Å². The third-order valence-electron chi connectivity index (χ3n) is 2.79. The van der Waals surface area contributed by atoms with Crippen LogP contribution in [0.3, 0.4) is 0 Å². The minimum Gasteiger partial charge on any atom is -0.494 e. The molecule has 1 aromatic heterocycles. The summed E-state index contributed by atoms with van der Waals surface area (Å²) in [5.74, 6) is 1.70. The predicted molar refractivity (Wildman–Crippen MR) is 82.5 cm³/mol. The quantitative estimate of drug-likeness (QED) is 0.573. The van der Waals surface area contributed by atoms with Crippen molar-refractivity contribution in [3.8, 4) is 23.3 Å². The van der Waals surface area contributed by atoms with Crippen LogP contribution in [0, 0.1) is 11.3 Å². The Hall–Kier alpha value is -2.29. The number of benzene rings is 1. The number of rotatable bonds is 7. The van der Waals surface area contributed by atoms with Gasteiger partial charge in [0.05, 0.1) is 6.61 Å². The van der Waals surface area contributed by atoms with Gasteiger partial charge < -0.3 is 14.2 Å². The van der Waals surface area contributed by atoms with Gasteiger partial charge in [0.15, 0.2) is 5.15 Å². The van der Waals surface area contributed by atoms with E-state index in [1.165, 1.54) is 6.20 Å². The summed E-state index contributed by atoms with van der Waals surface area (Å²) in [6, 6.07) is 10.7. The van der Waals surface area contributed by atoms with E-state index in [9.17, 15) is 0 Å². The average molecular weight is 319 g/mol. The Balaban J connectivity index is 2.00. The number of hydrogen-bond acceptors (Lipinski definition) is 5. The Morgan fingerprint density at radius 3 is 2.55 bits per heavy atom. The first-order valence-electron chi connectivity index (χ1n) is 6.69. The molecule has 5 nitrogen and oxygen atoms in total. The Labute approximate surface area is 134 Å². The van der Waals surface area contributed by atoms with Crippen LogP contribution in [0.25, 0.3) is 0 Å². The molecule has 0 spiro atoms. The van der Waals surface area contributed by atoms with E-state index in [1.807, 2.05) is 6.07 Å². The molecule has 1 heterocycles. The lowest BCUT2D eigenvalue weighted by Gasteiger charge is -2.09. The maximum Gasteiger partial charge on any atom is 0.150 e. The van der Waals surface area contributed by atoms with Gasteiger partial charge in [-0.25, -0.2) is 4.98 Å². The largest absolute Gasteiger partial charge is 0.494 e. The highest BCUT2D eigenvalue weighted by Gasteiger charge is 2.09. The van der Waals surface area contributed by atoms with Gasteiger partial charge in [0.25, 0.3) is 0 Å². The zero-order valence-corrected chi connectivity index (χ0v) is 12.8. The second-order valence-electron chi connectivity index (χ2n) is 4.35. The van der Waals surface area contributed by atoms with Gasteiger partial charge in [0.1, 0.15) is 28.9 Å². The molecule has 0 N–H and O–H groups in total. The lowest BCUT2D eigenvalue weighted by Crippen LogP contribution is -2.01. The fraction of sp³-hybridized carbons (Fsp3) is 0.250. The van der Waals surface area contributed by atoms with E-state index >= 15 is 0 Å². The van der Waals surface area contributed by atoms with Crippen LogP contribution in [0.1, 0.15) is 12.0 Å². The minimum absolute atomic E-state index is 0.123. The van der Waals surface area contributed by atoms with Crippen molar-refractivity contribution in [2.75, 3.05) is 20.3 Å². The van der Waals surface area contributed by atoms with Gasteiger partial charge in [-0.15, -0.1) is 0 Å². The van der Waals surface area contributed by atoms with E-state index in [1.54, 1.807) is 37.4 Å². The number of hydrogen-bond donors (Lipinski definition) is 0. The fourth-order valence-electron chi connectivity index (χ4n) is 1.73. The molecule has 0 unspecified atom stereocenters. The van der Waals surface area contributed by atoms with Crippen molar-refractivity contribution in [3.63, 3.8) is 0 Å². The van der Waals surface area contributed by atoms with Crippen LogP contribution in [0.2, 0.25) is 5.15 Å². The topological polar surface area (TPSA) is 64.4 Å². The summed E-state index contributed by atoms with van der Waals surface area (Å²) < 4.78 is 16.2. The molecule has 2 rings (SSSR count). The van der Waals surface area contributed by atoms with Gasteiger partial charge in [0, 0.05) is 32.4 Å². The van der Waals surface area contributed by atoms with Gasteiger partial charge in [-0.1, -0.05) is 11.6 Å². The number of pyridine rings is 1. The van der Waals surface area contributed by atoms with Gasteiger partial charge in [-0.05, 0) is 24.3 Å². The lowest BCUT2D eigenvalue weighted by atomic mass is 10.2. The maximum atomic E-state index is 9.08. The van der Waals surface area contributed by atoms with E-state index in [0.29, 0.717) is 24.7 Å². The first-order valence-corrected chi connectivity index (χ1v) is 7.06. The smallest absolute Gasteiger partial charge is 0.150 e. The van der Waals surface area contributed by atoms with Crippen LogP contribution in [0.5, 0.6) is 17.2 Å². The first kappa shape index (κ1) is 16.1. The van der Waals surface area contributed by atoms with Crippen LogP contribution in [0.4, 0.5) is 0 Å². The molecule has 0 amide bonds. The normalized spacial score (nSPS) is 10.0. The summed E-state index contributed by atoms with van der Waals surface area (Å²) in [6.45, 7) is 1.26. The van der Waals surface area contributed by atoms with E-state index < -0.39 is 0 Å². The molecule has 1 aromatic carbocycles. The van der Waals surface area contributed by atoms with Crippen molar-refractivity contribution in [3.05, 3.63) is 47.2 Å². The molecule has 0 saturated carbocycles. The molecule has 0 bridgehead atoms. The minimum atomic E-state index is 0.123. The lowest BCUT2D eigenvalue weighted by molar-refractivity contribution is 0.172. The predicted octanol–water partition coefficient (Wildman–Crippen LogP) is 3.81. The maximum absolute atomic E-state index is 9.08. The SMILES string of the molecule is COCCCOc1ccc(Oc2ccnc(Cl)c2C#N)cc1. The Morgan fingerprint density at radius 1 is 1.14 bits per heavy atom. The van der Waals surface area contributed by atoms with Crippen LogP contribution in [-0.4, -0.2) is 25.3 Å². The third-order valence-corrected chi connectivity index (χ3v) is 3.08. The molecular formula is C16H15ClN2O3. The summed E-state index contributed by atoms with van der Waals surface area (Å²) >= 11 is 5.86. The van der Waals surface area contributed by atoms with Gasteiger partial charge >= 0.3 is 0 Å². The second kappa shape index (κ2) is 8.23. The van der Waals surface area contributed by atoms with Crippen LogP contribution in [0.15, 0.2) is 36.5 Å². The number of nitrogens with zero attached hydrogens (tertiary/aromatic N) is 2. The summed E-state index contributed by atoms with van der Waals surface area (Å²) in [6.07, 6.45) is 2.32. The number of halogens is 1. The number of ether oxygens (including phenoxy) is 3. The Morgan fingerprint density at radius 2 is 1.86 bits per heavy atom. The van der Waals surface area contributed by atoms with Crippen LogP contribution in [-0.2, 0) is 4.74 Å². The standard InChI is InChI=1S/C16H15ClN2O3/c1-20-9-2-10-21-12-3-5-13(6-4-12)22-15-7-8-19-16(17)14(15)11-18/h3-8H,2,9-10H2,1H3. The molecule has 22 heavy (non-hydrogen) atoms. The van der Waals surface area contributed by atoms with Crippen molar-refractivity contribution < 1.29 is 14.2 Å². The Bertz CT molecular complexity index is 653. The summed E-state index contributed by atoms with van der Waals surface area (Å²) in [5.41, 5.74) is 0.212. The van der Waals surface area contributed by atoms with E-state index in [0.717, 1.165) is 12.2 Å². The van der Waals surface area contributed by atoms with Gasteiger partial charge in [-0.2, -0.15) is 5.26 Å². The zero-order chi connectivity index (χ0) is 15.8. The van der Waals surface area contributed by atoms with Crippen LogP contribution < -0.4 is 9.47 Å².